The lowest BCUT2D eigenvalue weighted by Gasteiger charge is -2.36. The number of carbonyl (C=O) groups excluding carboxylic acids is 1. The number of anilines is 1. The molecule has 0 unspecified atom stereocenters. The van der Waals surface area contributed by atoms with Crippen LogP contribution in [0.1, 0.15) is 20.9 Å². The molecule has 136 valence electrons. The highest BCUT2D eigenvalue weighted by molar-refractivity contribution is 8.03. The molecule has 1 aromatic carbocycles. The number of aryl methyl sites for hydroxylation is 1. The van der Waals surface area contributed by atoms with E-state index in [0.717, 1.165) is 47.5 Å². The molecule has 6 heteroatoms. The van der Waals surface area contributed by atoms with Gasteiger partial charge in [-0.05, 0) is 49.2 Å². The van der Waals surface area contributed by atoms with Crippen LogP contribution in [0.5, 0.6) is 0 Å². The van der Waals surface area contributed by atoms with Gasteiger partial charge in [0.05, 0.1) is 4.91 Å². The largest absolute Gasteiger partial charge is 0.368 e. The van der Waals surface area contributed by atoms with Crippen LogP contribution in [-0.4, -0.2) is 37.0 Å². The van der Waals surface area contributed by atoms with Crippen LogP contribution in [0.15, 0.2) is 29.2 Å². The lowest BCUT2D eigenvalue weighted by molar-refractivity contribution is -0.126. The molecule has 2 aromatic rings. The summed E-state index contributed by atoms with van der Waals surface area (Å²) >= 11 is 9.58. The Balaban J connectivity index is 1.44. The van der Waals surface area contributed by atoms with E-state index in [1.807, 2.05) is 23.1 Å². The van der Waals surface area contributed by atoms with Crippen molar-refractivity contribution in [2.45, 2.75) is 19.6 Å². The summed E-state index contributed by atoms with van der Waals surface area (Å²) in [5, 5.41) is 0.752. The maximum absolute atomic E-state index is 13.0. The number of thioether (sulfide) groups is 1. The molecule has 0 radical (unpaired) electrons. The normalized spacial score (nSPS) is 17.1. The Morgan fingerprint density at radius 1 is 1.15 bits per heavy atom. The second kappa shape index (κ2) is 7.29. The van der Waals surface area contributed by atoms with Gasteiger partial charge in [-0.3, -0.25) is 4.79 Å². The molecule has 1 saturated heterocycles. The number of halogens is 1. The molecule has 1 fully saturated rings. The summed E-state index contributed by atoms with van der Waals surface area (Å²) in [4.78, 5) is 20.7. The summed E-state index contributed by atoms with van der Waals surface area (Å²) in [7, 11) is 0. The molecule has 3 nitrogen and oxygen atoms in total. The van der Waals surface area contributed by atoms with E-state index in [1.165, 1.54) is 20.9 Å². The third kappa shape index (κ3) is 3.40. The van der Waals surface area contributed by atoms with E-state index in [-0.39, 0.29) is 5.91 Å². The van der Waals surface area contributed by atoms with Crippen molar-refractivity contribution in [2.24, 2.45) is 0 Å². The number of nitrogens with zero attached hydrogens (tertiary/aromatic N) is 2. The van der Waals surface area contributed by atoms with Crippen LogP contribution in [0.3, 0.4) is 0 Å². The minimum Gasteiger partial charge on any atom is -0.368 e. The zero-order valence-electron chi connectivity index (χ0n) is 14.9. The Hall–Kier alpha value is -1.43. The average Bonchev–Trinajstić information content (AvgIpc) is 2.95. The van der Waals surface area contributed by atoms with Crippen LogP contribution >= 0.6 is 34.7 Å². The first-order valence-corrected chi connectivity index (χ1v) is 10.9. The van der Waals surface area contributed by atoms with Gasteiger partial charge in [-0.15, -0.1) is 23.1 Å². The Kier molecular flexibility index (Phi) is 5.04. The van der Waals surface area contributed by atoms with Crippen molar-refractivity contribution in [3.63, 3.8) is 0 Å². The van der Waals surface area contributed by atoms with Crippen LogP contribution in [0.25, 0.3) is 6.08 Å². The van der Waals surface area contributed by atoms with Crippen LogP contribution in [0.4, 0.5) is 5.69 Å². The number of hydrogen-bond acceptors (Lipinski definition) is 4. The second-order valence-corrected chi connectivity index (χ2v) is 9.39. The predicted molar refractivity (Wildman–Crippen MR) is 113 cm³/mol. The molecule has 26 heavy (non-hydrogen) atoms. The molecule has 3 heterocycles. The molecule has 4 rings (SSSR count). The van der Waals surface area contributed by atoms with E-state index in [0.29, 0.717) is 0 Å². The zero-order chi connectivity index (χ0) is 18.3. The maximum Gasteiger partial charge on any atom is 0.260 e. The van der Waals surface area contributed by atoms with Crippen LogP contribution in [-0.2, 0) is 10.5 Å². The molecule has 2 aliphatic rings. The van der Waals surface area contributed by atoms with Gasteiger partial charge in [-0.25, -0.2) is 0 Å². The first-order chi connectivity index (χ1) is 12.5. The molecule has 1 amide bonds. The van der Waals surface area contributed by atoms with Crippen LogP contribution < -0.4 is 4.90 Å². The summed E-state index contributed by atoms with van der Waals surface area (Å²) in [5.74, 6) is 1.08. The number of hydrogen-bond donors (Lipinski definition) is 0. The van der Waals surface area contributed by atoms with E-state index in [4.69, 9.17) is 11.6 Å². The number of fused-ring (bicyclic) bond motifs is 1. The lowest BCUT2D eigenvalue weighted by atomic mass is 10.1. The van der Waals surface area contributed by atoms with Crippen molar-refractivity contribution >= 4 is 52.4 Å². The lowest BCUT2D eigenvalue weighted by Crippen LogP contribution is -2.49. The van der Waals surface area contributed by atoms with Crippen molar-refractivity contribution in [1.29, 1.82) is 0 Å². The third-order valence-electron chi connectivity index (χ3n) is 5.13. The molecule has 1 aromatic heterocycles. The van der Waals surface area contributed by atoms with Crippen LogP contribution in [0, 0.1) is 13.8 Å². The summed E-state index contributed by atoms with van der Waals surface area (Å²) in [5.41, 5.74) is 3.92. The minimum absolute atomic E-state index is 0.176. The summed E-state index contributed by atoms with van der Waals surface area (Å²) in [6.07, 6.45) is 2.10. The van der Waals surface area contributed by atoms with E-state index < -0.39 is 0 Å². The van der Waals surface area contributed by atoms with Gasteiger partial charge in [0.15, 0.2) is 0 Å². The van der Waals surface area contributed by atoms with Gasteiger partial charge in [-0.1, -0.05) is 17.7 Å². The van der Waals surface area contributed by atoms with Crippen LogP contribution in [0.2, 0.25) is 5.02 Å². The fraction of sp³-hybridized carbons (Fsp3) is 0.350. The zero-order valence-corrected chi connectivity index (χ0v) is 17.3. The Morgan fingerprint density at radius 3 is 2.65 bits per heavy atom. The number of thiophene rings is 1. The number of amides is 1. The van der Waals surface area contributed by atoms with Gasteiger partial charge in [0.1, 0.15) is 0 Å². The first kappa shape index (κ1) is 18.0. The van der Waals surface area contributed by atoms with E-state index in [1.54, 1.807) is 23.1 Å². The van der Waals surface area contributed by atoms with Gasteiger partial charge < -0.3 is 9.80 Å². The van der Waals surface area contributed by atoms with Crippen molar-refractivity contribution in [3.8, 4) is 0 Å². The fourth-order valence-corrected chi connectivity index (χ4v) is 6.03. The molecule has 0 N–H and O–H groups in total. The van der Waals surface area contributed by atoms with Gasteiger partial charge in [0, 0.05) is 52.4 Å². The Morgan fingerprint density at radius 2 is 1.92 bits per heavy atom. The Bertz CT molecular complexity index is 882. The molecular weight excluding hydrogens is 384 g/mol. The van der Waals surface area contributed by atoms with Crippen molar-refractivity contribution < 1.29 is 4.79 Å². The smallest absolute Gasteiger partial charge is 0.260 e. The highest BCUT2D eigenvalue weighted by Crippen LogP contribution is 2.40. The van der Waals surface area contributed by atoms with Crippen molar-refractivity contribution in [2.75, 3.05) is 31.1 Å². The standard InChI is InChI=1S/C20H21ClN2OS2/c1-13-14(2)26-18-11-19(25-12-17(13)18)20(24)23-8-6-22(7-9-23)16-5-3-4-15(21)10-16/h3-5,10-11H,6-9,12H2,1-2H3. The number of piperazine rings is 1. The maximum atomic E-state index is 13.0. The SMILES string of the molecule is Cc1sc2c(c1C)CSC(C(=O)N1CCN(c3cccc(Cl)c3)CC1)=C2. The van der Waals surface area contributed by atoms with Gasteiger partial charge >= 0.3 is 0 Å². The topological polar surface area (TPSA) is 23.6 Å². The first-order valence-electron chi connectivity index (χ1n) is 8.76. The van der Waals surface area contributed by atoms with Crippen molar-refractivity contribution in [1.82, 2.24) is 4.90 Å². The molecule has 0 bridgehead atoms. The molecule has 0 atom stereocenters. The molecule has 0 spiro atoms. The number of rotatable bonds is 2. The highest BCUT2D eigenvalue weighted by Gasteiger charge is 2.27. The third-order valence-corrected chi connectivity index (χ3v) is 7.59. The van der Waals surface area contributed by atoms with E-state index >= 15 is 0 Å². The summed E-state index contributed by atoms with van der Waals surface area (Å²) < 4.78 is 0. The summed E-state index contributed by atoms with van der Waals surface area (Å²) in [6, 6.07) is 7.93. The fourth-order valence-electron chi connectivity index (χ4n) is 3.43. The molecule has 2 aliphatic heterocycles. The number of benzene rings is 1. The molecule has 0 aliphatic carbocycles. The van der Waals surface area contributed by atoms with E-state index in [2.05, 4.69) is 30.9 Å². The molecule has 0 saturated carbocycles. The Labute approximate surface area is 167 Å². The quantitative estimate of drug-likeness (QED) is 0.707. The van der Waals surface area contributed by atoms with E-state index in [9.17, 15) is 4.79 Å². The minimum atomic E-state index is 0.176. The highest BCUT2D eigenvalue weighted by atomic mass is 35.5. The van der Waals surface area contributed by atoms with Gasteiger partial charge in [0.25, 0.3) is 5.91 Å². The predicted octanol–water partition coefficient (Wildman–Crippen LogP) is 4.95. The van der Waals surface area contributed by atoms with Crippen molar-refractivity contribution in [3.05, 3.63) is 55.1 Å². The van der Waals surface area contributed by atoms with Gasteiger partial charge in [0.2, 0.25) is 0 Å². The summed E-state index contributed by atoms with van der Waals surface area (Å²) in [6.45, 7) is 7.52. The molecular formula is C20H21ClN2OS2. The second-order valence-electron chi connectivity index (χ2n) is 6.68. The average molecular weight is 405 g/mol. The number of carbonyl (C=O) groups is 1. The van der Waals surface area contributed by atoms with Gasteiger partial charge in [-0.2, -0.15) is 0 Å². The monoisotopic (exact) mass is 404 g/mol.